The maximum absolute atomic E-state index is 13.6. The largest absolute Gasteiger partial charge is 0.241 e. The van der Waals surface area contributed by atoms with Crippen LogP contribution >= 0.6 is 34.5 Å². The summed E-state index contributed by atoms with van der Waals surface area (Å²) < 4.78 is 13.6. The molecule has 0 saturated heterocycles. The highest BCUT2D eigenvalue weighted by Crippen LogP contribution is 2.29. The Kier molecular flexibility index (Phi) is 4.37. The molecule has 0 spiro atoms. The number of aryl methyl sites for hydroxylation is 1. The third kappa shape index (κ3) is 3.18. The zero-order valence-electron chi connectivity index (χ0n) is 8.92. The predicted octanol–water partition coefficient (Wildman–Crippen LogP) is 4.77. The van der Waals surface area contributed by atoms with Gasteiger partial charge >= 0.3 is 0 Å². The zero-order chi connectivity index (χ0) is 12.3. The molecular weight excluding hydrogens is 280 g/mol. The zero-order valence-corrected chi connectivity index (χ0v) is 11.2. The van der Waals surface area contributed by atoms with Crippen LogP contribution in [0.1, 0.15) is 12.1 Å². The average molecular weight is 290 g/mol. The lowest BCUT2D eigenvalue weighted by Crippen LogP contribution is -1.88. The molecule has 0 aliphatic rings. The summed E-state index contributed by atoms with van der Waals surface area (Å²) in [5, 5.41) is 3.11. The van der Waals surface area contributed by atoms with Gasteiger partial charge in [0, 0.05) is 21.8 Å². The normalized spacial score (nSPS) is 10.8. The molecule has 90 valence electrons. The molecule has 1 nitrogen and oxygen atoms in total. The second-order valence-corrected chi connectivity index (χ2v) is 5.23. The van der Waals surface area contributed by atoms with Crippen LogP contribution in [0.3, 0.4) is 0 Å². The molecule has 0 N–H and O–H groups in total. The van der Waals surface area contributed by atoms with Gasteiger partial charge in [-0.3, -0.25) is 0 Å². The number of hydrogen-bond acceptors (Lipinski definition) is 2. The van der Waals surface area contributed by atoms with Crippen LogP contribution in [0, 0.1) is 5.82 Å². The third-order valence-electron chi connectivity index (χ3n) is 2.28. The van der Waals surface area contributed by atoms with Crippen LogP contribution in [0.15, 0.2) is 23.6 Å². The minimum absolute atomic E-state index is 0.298. The van der Waals surface area contributed by atoms with E-state index < -0.39 is 0 Å². The van der Waals surface area contributed by atoms with E-state index in [0.717, 1.165) is 18.5 Å². The van der Waals surface area contributed by atoms with E-state index in [0.29, 0.717) is 21.5 Å². The van der Waals surface area contributed by atoms with Crippen molar-refractivity contribution in [3.63, 3.8) is 0 Å². The monoisotopic (exact) mass is 289 g/mol. The van der Waals surface area contributed by atoms with E-state index in [9.17, 15) is 4.39 Å². The molecule has 0 radical (unpaired) electrons. The second kappa shape index (κ2) is 5.80. The highest BCUT2D eigenvalue weighted by molar-refractivity contribution is 7.13. The van der Waals surface area contributed by atoms with Crippen molar-refractivity contribution in [2.24, 2.45) is 0 Å². The number of alkyl halides is 1. The van der Waals surface area contributed by atoms with Crippen LogP contribution in [-0.2, 0) is 6.42 Å². The van der Waals surface area contributed by atoms with Crippen molar-refractivity contribution >= 4 is 34.5 Å². The maximum Gasteiger partial charge on any atom is 0.133 e. The predicted molar refractivity (Wildman–Crippen MR) is 71.6 cm³/mol. The number of hydrogen-bond donors (Lipinski definition) is 0. The Hall–Kier alpha value is -0.640. The molecule has 1 aromatic heterocycles. The molecule has 0 aliphatic heterocycles. The van der Waals surface area contributed by atoms with Gasteiger partial charge in [-0.2, -0.15) is 0 Å². The Bertz CT molecular complexity index is 513. The molecule has 0 aliphatic carbocycles. The van der Waals surface area contributed by atoms with Crippen molar-refractivity contribution < 1.29 is 4.39 Å². The Morgan fingerprint density at radius 1 is 1.35 bits per heavy atom. The summed E-state index contributed by atoms with van der Waals surface area (Å²) in [6, 6.07) is 4.49. The number of halogens is 3. The van der Waals surface area contributed by atoms with Crippen LogP contribution in [0.5, 0.6) is 0 Å². The van der Waals surface area contributed by atoms with Gasteiger partial charge < -0.3 is 0 Å². The minimum Gasteiger partial charge on any atom is -0.241 e. The third-order valence-corrected chi connectivity index (χ3v) is 3.70. The van der Waals surface area contributed by atoms with E-state index >= 15 is 0 Å². The quantitative estimate of drug-likeness (QED) is 0.739. The summed E-state index contributed by atoms with van der Waals surface area (Å²) in [6.07, 6.45) is 1.70. The SMILES string of the molecule is Fc1ccc(Cl)cc1-c1nc(CCCCl)cs1. The first kappa shape index (κ1) is 12.8. The minimum atomic E-state index is -0.298. The Labute approximate surface area is 113 Å². The molecule has 1 heterocycles. The fourth-order valence-electron chi connectivity index (χ4n) is 1.45. The van der Waals surface area contributed by atoms with Crippen LogP contribution < -0.4 is 0 Å². The molecule has 0 saturated carbocycles. The highest BCUT2D eigenvalue weighted by atomic mass is 35.5. The van der Waals surface area contributed by atoms with Gasteiger partial charge in [-0.05, 0) is 31.0 Å². The summed E-state index contributed by atoms with van der Waals surface area (Å²) in [6.45, 7) is 0. The van der Waals surface area contributed by atoms with E-state index in [-0.39, 0.29) is 5.82 Å². The molecule has 1 aromatic carbocycles. The summed E-state index contributed by atoms with van der Waals surface area (Å²) in [7, 11) is 0. The van der Waals surface area contributed by atoms with Crippen LogP contribution in [-0.4, -0.2) is 10.9 Å². The van der Waals surface area contributed by atoms with E-state index in [4.69, 9.17) is 23.2 Å². The molecular formula is C12H10Cl2FNS. The van der Waals surface area contributed by atoms with Gasteiger partial charge in [0.1, 0.15) is 10.8 Å². The molecule has 2 aromatic rings. The fourth-order valence-corrected chi connectivity index (χ4v) is 2.63. The number of thiazole rings is 1. The molecule has 0 fully saturated rings. The van der Waals surface area contributed by atoms with E-state index in [1.807, 2.05) is 5.38 Å². The topological polar surface area (TPSA) is 12.9 Å². The van der Waals surface area contributed by atoms with Crippen LogP contribution in [0.4, 0.5) is 4.39 Å². The Morgan fingerprint density at radius 2 is 2.18 bits per heavy atom. The molecule has 0 amide bonds. The van der Waals surface area contributed by atoms with Crippen molar-refractivity contribution in [1.29, 1.82) is 0 Å². The number of aromatic nitrogens is 1. The maximum atomic E-state index is 13.6. The van der Waals surface area contributed by atoms with E-state index in [1.165, 1.54) is 23.5 Å². The van der Waals surface area contributed by atoms with Crippen molar-refractivity contribution in [3.8, 4) is 10.6 Å². The summed E-state index contributed by atoms with van der Waals surface area (Å²) in [5.74, 6) is 0.311. The molecule has 0 atom stereocenters. The molecule has 17 heavy (non-hydrogen) atoms. The lowest BCUT2D eigenvalue weighted by Gasteiger charge is -1.99. The summed E-state index contributed by atoms with van der Waals surface area (Å²) >= 11 is 12.9. The van der Waals surface area contributed by atoms with Gasteiger partial charge in [-0.25, -0.2) is 9.37 Å². The average Bonchev–Trinajstić information content (AvgIpc) is 2.78. The smallest absolute Gasteiger partial charge is 0.133 e. The summed E-state index contributed by atoms with van der Waals surface area (Å²) in [5.41, 5.74) is 1.41. The Morgan fingerprint density at radius 3 is 2.94 bits per heavy atom. The number of rotatable bonds is 4. The molecule has 2 rings (SSSR count). The van der Waals surface area contributed by atoms with Crippen molar-refractivity contribution in [2.75, 3.05) is 5.88 Å². The summed E-state index contributed by atoms with van der Waals surface area (Å²) in [4.78, 5) is 4.38. The van der Waals surface area contributed by atoms with Gasteiger partial charge in [0.05, 0.1) is 5.69 Å². The van der Waals surface area contributed by atoms with Gasteiger partial charge in [-0.15, -0.1) is 22.9 Å². The fraction of sp³-hybridized carbons (Fsp3) is 0.250. The van der Waals surface area contributed by atoms with Crippen molar-refractivity contribution in [2.45, 2.75) is 12.8 Å². The molecule has 0 unspecified atom stereocenters. The Balaban J connectivity index is 2.27. The van der Waals surface area contributed by atoms with Gasteiger partial charge in [0.2, 0.25) is 0 Å². The first-order valence-electron chi connectivity index (χ1n) is 5.16. The highest BCUT2D eigenvalue weighted by Gasteiger charge is 2.10. The second-order valence-electron chi connectivity index (χ2n) is 3.56. The lowest BCUT2D eigenvalue weighted by molar-refractivity contribution is 0.631. The van der Waals surface area contributed by atoms with Crippen LogP contribution in [0.2, 0.25) is 5.02 Å². The first-order valence-corrected chi connectivity index (χ1v) is 6.95. The number of nitrogens with zero attached hydrogens (tertiary/aromatic N) is 1. The van der Waals surface area contributed by atoms with Gasteiger partial charge in [-0.1, -0.05) is 11.6 Å². The first-order chi connectivity index (χ1) is 8.20. The lowest BCUT2D eigenvalue weighted by atomic mass is 10.2. The van der Waals surface area contributed by atoms with Gasteiger partial charge in [0.25, 0.3) is 0 Å². The standard InChI is InChI=1S/C12H10Cl2FNS/c13-5-1-2-9-7-17-12(16-9)10-6-8(14)3-4-11(10)15/h3-4,6-7H,1-2,5H2. The van der Waals surface area contributed by atoms with E-state index in [2.05, 4.69) is 4.98 Å². The number of benzene rings is 1. The van der Waals surface area contributed by atoms with E-state index in [1.54, 1.807) is 6.07 Å². The van der Waals surface area contributed by atoms with Crippen LogP contribution in [0.25, 0.3) is 10.6 Å². The van der Waals surface area contributed by atoms with Crippen molar-refractivity contribution in [1.82, 2.24) is 4.98 Å². The molecule has 0 bridgehead atoms. The van der Waals surface area contributed by atoms with Crippen molar-refractivity contribution in [3.05, 3.63) is 40.1 Å². The molecule has 5 heteroatoms. The van der Waals surface area contributed by atoms with Gasteiger partial charge in [0.15, 0.2) is 0 Å².